The van der Waals surface area contributed by atoms with E-state index in [9.17, 15) is 0 Å². The molecule has 0 aliphatic rings. The Balaban J connectivity index is 2.28. The highest BCUT2D eigenvalue weighted by atomic mass is 35.5. The molecule has 0 aliphatic heterocycles. The van der Waals surface area contributed by atoms with Crippen LogP contribution in [-0.2, 0) is 15.9 Å². The van der Waals surface area contributed by atoms with Gasteiger partial charge in [0.05, 0.1) is 6.61 Å². The first-order valence-corrected chi connectivity index (χ1v) is 6.83. The predicted octanol–water partition coefficient (Wildman–Crippen LogP) is 2.27. The van der Waals surface area contributed by atoms with E-state index in [0.29, 0.717) is 31.4 Å². The van der Waals surface area contributed by atoms with Gasteiger partial charge in [-0.05, 0) is 43.1 Å². The number of methoxy groups -OCH3 is 1. The van der Waals surface area contributed by atoms with Crippen LogP contribution in [0.3, 0.4) is 0 Å². The Labute approximate surface area is 119 Å². The first-order valence-electron chi connectivity index (χ1n) is 6.46. The summed E-state index contributed by atoms with van der Waals surface area (Å²) in [6, 6.07) is 5.58. The van der Waals surface area contributed by atoms with Gasteiger partial charge in [-0.2, -0.15) is 0 Å². The first-order chi connectivity index (χ1) is 9.27. The van der Waals surface area contributed by atoms with Gasteiger partial charge in [0.15, 0.2) is 0 Å². The van der Waals surface area contributed by atoms with Crippen molar-refractivity contribution < 1.29 is 14.2 Å². The molecule has 0 heterocycles. The number of hydrogen-bond acceptors (Lipinski definition) is 4. The third kappa shape index (κ3) is 6.78. The van der Waals surface area contributed by atoms with Gasteiger partial charge in [-0.3, -0.25) is 0 Å². The van der Waals surface area contributed by atoms with Gasteiger partial charge in [0.25, 0.3) is 0 Å². The molecule has 0 saturated heterocycles. The molecule has 0 spiro atoms. The molecule has 0 unspecified atom stereocenters. The van der Waals surface area contributed by atoms with E-state index in [2.05, 4.69) is 0 Å². The zero-order valence-electron chi connectivity index (χ0n) is 11.4. The highest BCUT2D eigenvalue weighted by Gasteiger charge is 2.04. The zero-order valence-corrected chi connectivity index (χ0v) is 12.1. The van der Waals surface area contributed by atoms with E-state index in [1.165, 1.54) is 0 Å². The molecule has 2 N–H and O–H groups in total. The number of rotatable bonds is 10. The summed E-state index contributed by atoms with van der Waals surface area (Å²) in [5.74, 6) is 0.829. The SMILES string of the molecule is COCCCOCCOc1ccc(Cl)cc1CCN. The quantitative estimate of drug-likeness (QED) is 0.671. The lowest BCUT2D eigenvalue weighted by molar-refractivity contribution is 0.0804. The molecule has 0 aromatic heterocycles. The fraction of sp³-hybridized carbons (Fsp3) is 0.571. The van der Waals surface area contributed by atoms with Crippen LogP contribution in [0.5, 0.6) is 5.75 Å². The van der Waals surface area contributed by atoms with E-state index < -0.39 is 0 Å². The van der Waals surface area contributed by atoms with Crippen LogP contribution in [0.25, 0.3) is 0 Å². The van der Waals surface area contributed by atoms with Crippen molar-refractivity contribution in [2.45, 2.75) is 12.8 Å². The van der Waals surface area contributed by atoms with Crippen LogP contribution in [0.15, 0.2) is 18.2 Å². The molecule has 0 radical (unpaired) electrons. The Morgan fingerprint density at radius 1 is 1.16 bits per heavy atom. The molecule has 0 aliphatic carbocycles. The normalized spacial score (nSPS) is 10.7. The van der Waals surface area contributed by atoms with E-state index in [4.69, 9.17) is 31.5 Å². The van der Waals surface area contributed by atoms with Crippen molar-refractivity contribution in [3.63, 3.8) is 0 Å². The largest absolute Gasteiger partial charge is 0.491 e. The summed E-state index contributed by atoms with van der Waals surface area (Å²) in [5.41, 5.74) is 6.60. The van der Waals surface area contributed by atoms with Gasteiger partial charge in [0, 0.05) is 25.3 Å². The Bertz CT molecular complexity index is 361. The molecular formula is C14H22ClNO3. The average Bonchev–Trinajstić information content (AvgIpc) is 2.40. The fourth-order valence-electron chi connectivity index (χ4n) is 1.66. The van der Waals surface area contributed by atoms with Crippen molar-refractivity contribution in [2.24, 2.45) is 5.73 Å². The third-order valence-corrected chi connectivity index (χ3v) is 2.79. The van der Waals surface area contributed by atoms with Gasteiger partial charge in [-0.1, -0.05) is 11.6 Å². The summed E-state index contributed by atoms with van der Waals surface area (Å²) >= 11 is 5.95. The molecular weight excluding hydrogens is 266 g/mol. The van der Waals surface area contributed by atoms with Gasteiger partial charge < -0.3 is 19.9 Å². The smallest absolute Gasteiger partial charge is 0.122 e. The summed E-state index contributed by atoms with van der Waals surface area (Å²) in [6.45, 7) is 3.07. The Morgan fingerprint density at radius 3 is 2.74 bits per heavy atom. The zero-order chi connectivity index (χ0) is 13.9. The second kappa shape index (κ2) is 10.0. The lowest BCUT2D eigenvalue weighted by atomic mass is 10.1. The molecule has 0 fully saturated rings. The molecule has 4 nitrogen and oxygen atoms in total. The van der Waals surface area contributed by atoms with Crippen molar-refractivity contribution in [3.05, 3.63) is 28.8 Å². The maximum absolute atomic E-state index is 5.95. The van der Waals surface area contributed by atoms with Gasteiger partial charge in [-0.25, -0.2) is 0 Å². The van der Waals surface area contributed by atoms with Gasteiger partial charge in [-0.15, -0.1) is 0 Å². The van der Waals surface area contributed by atoms with Crippen LogP contribution in [-0.4, -0.2) is 40.1 Å². The minimum Gasteiger partial charge on any atom is -0.491 e. The molecule has 1 aromatic rings. The lowest BCUT2D eigenvalue weighted by Crippen LogP contribution is -2.10. The Kier molecular flexibility index (Phi) is 8.58. The highest BCUT2D eigenvalue weighted by molar-refractivity contribution is 6.30. The number of benzene rings is 1. The summed E-state index contributed by atoms with van der Waals surface area (Å²) in [4.78, 5) is 0. The van der Waals surface area contributed by atoms with Crippen molar-refractivity contribution in [1.82, 2.24) is 0 Å². The van der Waals surface area contributed by atoms with E-state index in [1.54, 1.807) is 7.11 Å². The number of nitrogens with two attached hydrogens (primary N) is 1. The van der Waals surface area contributed by atoms with Crippen molar-refractivity contribution in [1.29, 1.82) is 0 Å². The fourth-order valence-corrected chi connectivity index (χ4v) is 1.85. The standard InChI is InChI=1S/C14H22ClNO3/c1-17-7-2-8-18-9-10-19-14-4-3-13(15)11-12(14)5-6-16/h3-4,11H,2,5-10,16H2,1H3. The summed E-state index contributed by atoms with van der Waals surface area (Å²) in [6.07, 6.45) is 1.65. The van der Waals surface area contributed by atoms with Gasteiger partial charge in [0.2, 0.25) is 0 Å². The average molecular weight is 288 g/mol. The van der Waals surface area contributed by atoms with Gasteiger partial charge >= 0.3 is 0 Å². The summed E-state index contributed by atoms with van der Waals surface area (Å²) < 4.78 is 16.0. The van der Waals surface area contributed by atoms with Crippen molar-refractivity contribution in [2.75, 3.05) is 40.1 Å². The molecule has 0 saturated carbocycles. The van der Waals surface area contributed by atoms with E-state index in [0.717, 1.165) is 30.8 Å². The summed E-state index contributed by atoms with van der Waals surface area (Å²) in [5, 5.41) is 0.701. The highest BCUT2D eigenvalue weighted by Crippen LogP contribution is 2.23. The third-order valence-electron chi connectivity index (χ3n) is 2.56. The van der Waals surface area contributed by atoms with Crippen LogP contribution in [0.1, 0.15) is 12.0 Å². The topological polar surface area (TPSA) is 53.7 Å². The molecule has 0 amide bonds. The van der Waals surface area contributed by atoms with Crippen molar-refractivity contribution >= 4 is 11.6 Å². The minimum absolute atomic E-state index is 0.520. The molecule has 5 heteroatoms. The molecule has 108 valence electrons. The van der Waals surface area contributed by atoms with Gasteiger partial charge in [0.1, 0.15) is 12.4 Å². The Morgan fingerprint density at radius 2 is 2.00 bits per heavy atom. The first kappa shape index (κ1) is 16.2. The molecule has 1 aromatic carbocycles. The number of hydrogen-bond donors (Lipinski definition) is 1. The molecule has 1 rings (SSSR count). The molecule has 0 atom stereocenters. The second-order valence-corrected chi connectivity index (χ2v) is 4.53. The monoisotopic (exact) mass is 287 g/mol. The maximum atomic E-state index is 5.95. The summed E-state index contributed by atoms with van der Waals surface area (Å²) in [7, 11) is 1.68. The molecule has 0 bridgehead atoms. The number of ether oxygens (including phenoxy) is 3. The lowest BCUT2D eigenvalue weighted by Gasteiger charge is -2.11. The van der Waals surface area contributed by atoms with Crippen LogP contribution >= 0.6 is 11.6 Å². The van der Waals surface area contributed by atoms with Crippen LogP contribution in [0.2, 0.25) is 5.02 Å². The van der Waals surface area contributed by atoms with E-state index in [-0.39, 0.29) is 0 Å². The minimum atomic E-state index is 0.520. The predicted molar refractivity (Wildman–Crippen MR) is 77.0 cm³/mol. The van der Waals surface area contributed by atoms with Crippen LogP contribution in [0.4, 0.5) is 0 Å². The second-order valence-electron chi connectivity index (χ2n) is 4.10. The van der Waals surface area contributed by atoms with Crippen LogP contribution in [0, 0.1) is 0 Å². The Hall–Kier alpha value is -0.810. The van der Waals surface area contributed by atoms with Crippen molar-refractivity contribution in [3.8, 4) is 5.75 Å². The molecule has 19 heavy (non-hydrogen) atoms. The maximum Gasteiger partial charge on any atom is 0.122 e. The van der Waals surface area contributed by atoms with Crippen LogP contribution < -0.4 is 10.5 Å². The number of halogens is 1. The van der Waals surface area contributed by atoms with E-state index in [1.807, 2.05) is 18.2 Å². The van der Waals surface area contributed by atoms with E-state index >= 15 is 0 Å².